The third kappa shape index (κ3) is 3.18. The number of aromatic nitrogens is 1. The number of hydrogen-bond acceptors (Lipinski definition) is 5. The number of thiazole rings is 1. The van der Waals surface area contributed by atoms with Gasteiger partial charge in [-0.05, 0) is 18.7 Å². The quantitative estimate of drug-likeness (QED) is 0.869. The Bertz CT molecular complexity index is 507. The van der Waals surface area contributed by atoms with Gasteiger partial charge in [-0.1, -0.05) is 6.92 Å². The van der Waals surface area contributed by atoms with Crippen molar-refractivity contribution < 1.29 is 14.3 Å². The third-order valence-corrected chi connectivity index (χ3v) is 3.38. The van der Waals surface area contributed by atoms with Crippen molar-refractivity contribution in [3.8, 4) is 10.8 Å². The molecule has 0 bridgehead atoms. The fourth-order valence-electron chi connectivity index (χ4n) is 1.59. The molecular weight excluding hydrogens is 252 g/mol. The van der Waals surface area contributed by atoms with E-state index in [1.165, 1.54) is 11.3 Å². The standard InChI is InChI=1S/C12H14N2O3S/c1-2-14(7-11(15)16)6-9-8-18-12(13-9)10-4-3-5-17-10/h3-5,8H,2,6-7H2,1H3,(H,15,16). The smallest absolute Gasteiger partial charge is 0.317 e. The van der Waals surface area contributed by atoms with Gasteiger partial charge >= 0.3 is 5.97 Å². The molecule has 2 rings (SSSR count). The summed E-state index contributed by atoms with van der Waals surface area (Å²) in [6.07, 6.45) is 1.61. The van der Waals surface area contributed by atoms with E-state index in [2.05, 4.69) is 4.98 Å². The lowest BCUT2D eigenvalue weighted by Crippen LogP contribution is -2.29. The van der Waals surface area contributed by atoms with Gasteiger partial charge in [-0.25, -0.2) is 4.98 Å². The van der Waals surface area contributed by atoms with Crippen LogP contribution < -0.4 is 0 Å². The third-order valence-electron chi connectivity index (χ3n) is 2.48. The van der Waals surface area contributed by atoms with Gasteiger partial charge < -0.3 is 9.52 Å². The van der Waals surface area contributed by atoms with E-state index in [1.54, 1.807) is 6.26 Å². The van der Waals surface area contributed by atoms with Gasteiger partial charge in [0.1, 0.15) is 0 Å². The van der Waals surface area contributed by atoms with Crippen LogP contribution in [0.25, 0.3) is 10.8 Å². The van der Waals surface area contributed by atoms with Crippen molar-refractivity contribution in [3.05, 3.63) is 29.5 Å². The van der Waals surface area contributed by atoms with Gasteiger partial charge in [-0.3, -0.25) is 9.69 Å². The summed E-state index contributed by atoms with van der Waals surface area (Å²) in [5.41, 5.74) is 0.870. The van der Waals surface area contributed by atoms with Crippen LogP contribution in [0.2, 0.25) is 0 Å². The molecule has 2 aromatic rings. The molecule has 0 fully saturated rings. The molecule has 1 N–H and O–H groups in total. The fraction of sp³-hybridized carbons (Fsp3) is 0.333. The zero-order chi connectivity index (χ0) is 13.0. The van der Waals surface area contributed by atoms with Gasteiger partial charge in [0.05, 0.1) is 18.5 Å². The lowest BCUT2D eigenvalue weighted by atomic mass is 10.4. The number of hydrogen-bond donors (Lipinski definition) is 1. The summed E-state index contributed by atoms with van der Waals surface area (Å²) in [4.78, 5) is 16.9. The Labute approximate surface area is 109 Å². The second kappa shape index (κ2) is 5.79. The highest BCUT2D eigenvalue weighted by molar-refractivity contribution is 7.13. The molecule has 6 heteroatoms. The molecule has 18 heavy (non-hydrogen) atoms. The minimum absolute atomic E-state index is 0.0319. The molecule has 5 nitrogen and oxygen atoms in total. The summed E-state index contributed by atoms with van der Waals surface area (Å²) in [5.74, 6) is -0.0779. The van der Waals surface area contributed by atoms with Crippen molar-refractivity contribution >= 4 is 17.3 Å². The van der Waals surface area contributed by atoms with Gasteiger partial charge in [0.25, 0.3) is 0 Å². The van der Waals surface area contributed by atoms with Crippen LogP contribution in [0.15, 0.2) is 28.2 Å². The lowest BCUT2D eigenvalue weighted by molar-refractivity contribution is -0.138. The molecular formula is C12H14N2O3S. The van der Waals surface area contributed by atoms with Gasteiger partial charge in [0, 0.05) is 11.9 Å². The first-order valence-corrected chi connectivity index (χ1v) is 6.49. The molecule has 0 unspecified atom stereocenters. The molecule has 0 saturated heterocycles. The molecule has 0 aliphatic carbocycles. The second-order valence-corrected chi connectivity index (χ2v) is 4.68. The number of rotatable bonds is 6. The molecule has 96 valence electrons. The Morgan fingerprint density at radius 1 is 1.61 bits per heavy atom. The second-order valence-electron chi connectivity index (χ2n) is 3.82. The maximum atomic E-state index is 10.7. The Hall–Kier alpha value is -1.66. The van der Waals surface area contributed by atoms with E-state index in [1.807, 2.05) is 29.3 Å². The molecule has 0 aliphatic heterocycles. The highest BCUT2D eigenvalue weighted by Gasteiger charge is 2.12. The fourth-order valence-corrected chi connectivity index (χ4v) is 2.37. The maximum Gasteiger partial charge on any atom is 0.317 e. The zero-order valence-electron chi connectivity index (χ0n) is 10.00. The summed E-state index contributed by atoms with van der Waals surface area (Å²) in [6, 6.07) is 3.68. The van der Waals surface area contributed by atoms with E-state index in [0.717, 1.165) is 16.5 Å². The van der Waals surface area contributed by atoms with Crippen LogP contribution in [0.5, 0.6) is 0 Å². The number of nitrogens with zero attached hydrogens (tertiary/aromatic N) is 2. The number of carboxylic acids is 1. The van der Waals surface area contributed by atoms with Gasteiger partial charge in [-0.2, -0.15) is 0 Å². The topological polar surface area (TPSA) is 66.6 Å². The normalized spacial score (nSPS) is 11.0. The lowest BCUT2D eigenvalue weighted by Gasteiger charge is -2.15. The molecule has 0 aromatic carbocycles. The summed E-state index contributed by atoms with van der Waals surface area (Å²) >= 11 is 1.50. The number of likely N-dealkylation sites (N-methyl/N-ethyl adjacent to an activating group) is 1. The predicted molar refractivity (Wildman–Crippen MR) is 68.4 cm³/mol. The van der Waals surface area contributed by atoms with E-state index >= 15 is 0 Å². The van der Waals surface area contributed by atoms with Crippen LogP contribution in [-0.2, 0) is 11.3 Å². The first kappa shape index (κ1) is 12.8. The highest BCUT2D eigenvalue weighted by atomic mass is 32.1. The average Bonchev–Trinajstić information content (AvgIpc) is 2.97. The monoisotopic (exact) mass is 266 g/mol. The van der Waals surface area contributed by atoms with E-state index in [0.29, 0.717) is 13.1 Å². The van der Waals surface area contributed by atoms with E-state index < -0.39 is 5.97 Å². The van der Waals surface area contributed by atoms with Crippen LogP contribution in [0.4, 0.5) is 0 Å². The minimum atomic E-state index is -0.821. The first-order chi connectivity index (χ1) is 8.69. The summed E-state index contributed by atoms with van der Waals surface area (Å²) in [7, 11) is 0. The Morgan fingerprint density at radius 3 is 3.06 bits per heavy atom. The SMILES string of the molecule is CCN(CC(=O)O)Cc1csc(-c2ccco2)n1. The van der Waals surface area contributed by atoms with E-state index in [9.17, 15) is 4.79 Å². The summed E-state index contributed by atoms with van der Waals surface area (Å²) in [5, 5.41) is 11.5. The van der Waals surface area contributed by atoms with Gasteiger partial charge in [-0.15, -0.1) is 11.3 Å². The van der Waals surface area contributed by atoms with E-state index in [-0.39, 0.29) is 6.54 Å². The number of furan rings is 1. The van der Waals surface area contributed by atoms with Crippen LogP contribution in [0.1, 0.15) is 12.6 Å². The van der Waals surface area contributed by atoms with Crippen LogP contribution in [-0.4, -0.2) is 34.0 Å². The summed E-state index contributed by atoms with van der Waals surface area (Å²) in [6.45, 7) is 3.19. The van der Waals surface area contributed by atoms with Gasteiger partial charge in [0.2, 0.25) is 0 Å². The molecule has 2 aromatic heterocycles. The number of carbonyl (C=O) groups is 1. The number of carboxylic acid groups (broad SMARTS) is 1. The maximum absolute atomic E-state index is 10.7. The largest absolute Gasteiger partial charge is 0.480 e. The van der Waals surface area contributed by atoms with Crippen molar-refractivity contribution in [2.24, 2.45) is 0 Å². The minimum Gasteiger partial charge on any atom is -0.480 e. The van der Waals surface area contributed by atoms with Crippen molar-refractivity contribution in [1.29, 1.82) is 0 Å². The summed E-state index contributed by atoms with van der Waals surface area (Å²) < 4.78 is 5.27. The van der Waals surface area contributed by atoms with Crippen LogP contribution >= 0.6 is 11.3 Å². The zero-order valence-corrected chi connectivity index (χ0v) is 10.8. The van der Waals surface area contributed by atoms with E-state index in [4.69, 9.17) is 9.52 Å². The van der Waals surface area contributed by atoms with Crippen molar-refractivity contribution in [3.63, 3.8) is 0 Å². The Morgan fingerprint density at radius 2 is 2.44 bits per heavy atom. The Kier molecular flexibility index (Phi) is 4.11. The van der Waals surface area contributed by atoms with Crippen molar-refractivity contribution in [1.82, 2.24) is 9.88 Å². The van der Waals surface area contributed by atoms with Gasteiger partial charge in [0.15, 0.2) is 10.8 Å². The highest BCUT2D eigenvalue weighted by Crippen LogP contribution is 2.24. The van der Waals surface area contributed by atoms with Crippen molar-refractivity contribution in [2.75, 3.05) is 13.1 Å². The molecule has 0 spiro atoms. The average molecular weight is 266 g/mol. The Balaban J connectivity index is 2.04. The van der Waals surface area contributed by atoms with Crippen LogP contribution in [0.3, 0.4) is 0 Å². The molecule has 0 saturated carbocycles. The molecule has 0 atom stereocenters. The number of aliphatic carboxylic acids is 1. The van der Waals surface area contributed by atoms with Crippen molar-refractivity contribution in [2.45, 2.75) is 13.5 Å². The molecule has 2 heterocycles. The molecule has 0 amide bonds. The predicted octanol–water partition coefficient (Wildman–Crippen LogP) is 2.31. The first-order valence-electron chi connectivity index (χ1n) is 5.61. The van der Waals surface area contributed by atoms with Crippen LogP contribution in [0, 0.1) is 0 Å². The molecule has 0 aliphatic rings. The molecule has 0 radical (unpaired) electrons.